The molecule has 1 unspecified atom stereocenters. The lowest BCUT2D eigenvalue weighted by Crippen LogP contribution is -2.20. The predicted octanol–water partition coefficient (Wildman–Crippen LogP) is 2.41. The molecule has 0 bridgehead atoms. The van der Waals surface area contributed by atoms with E-state index in [0.29, 0.717) is 6.42 Å². The smallest absolute Gasteiger partial charge is 0.338 e. The number of Topliss-reactive ketones (excluding diaryl/α,β-unsaturated/α-hetero) is 1. The fourth-order valence-electron chi connectivity index (χ4n) is 1.32. The third-order valence-corrected chi connectivity index (χ3v) is 2.33. The van der Waals surface area contributed by atoms with Crippen molar-refractivity contribution in [3.63, 3.8) is 0 Å². The molecule has 0 aliphatic heterocycles. The van der Waals surface area contributed by atoms with Crippen molar-refractivity contribution in [1.82, 2.24) is 0 Å². The molecule has 0 spiro atoms. The minimum Gasteiger partial charge on any atom is -0.478 e. The lowest BCUT2D eigenvalue weighted by Gasteiger charge is -2.12. The summed E-state index contributed by atoms with van der Waals surface area (Å²) < 4.78 is 0. The van der Waals surface area contributed by atoms with E-state index in [1.54, 1.807) is 0 Å². The summed E-state index contributed by atoms with van der Waals surface area (Å²) in [5.74, 6) is -1.68. The Morgan fingerprint density at radius 1 is 1.36 bits per heavy atom. The summed E-state index contributed by atoms with van der Waals surface area (Å²) in [4.78, 5) is 22.1. The molecular weight excluding hydrogens is 180 g/mol. The Balaban J connectivity index is 4.30. The normalized spacial score (nSPS) is 12.1. The summed E-state index contributed by atoms with van der Waals surface area (Å²) in [7, 11) is 0. The number of hydrogen-bond donors (Lipinski definition) is 1. The summed E-state index contributed by atoms with van der Waals surface area (Å²) >= 11 is 0. The van der Waals surface area contributed by atoms with Gasteiger partial charge >= 0.3 is 5.97 Å². The van der Waals surface area contributed by atoms with Crippen molar-refractivity contribution >= 4 is 11.8 Å². The Bertz CT molecular complexity index is 231. The molecule has 80 valence electrons. The van der Waals surface area contributed by atoms with Crippen LogP contribution < -0.4 is 0 Å². The molecule has 1 atom stereocenters. The molecule has 0 amide bonds. The summed E-state index contributed by atoms with van der Waals surface area (Å²) in [5, 5.41) is 8.60. The van der Waals surface area contributed by atoms with E-state index in [1.807, 2.05) is 13.8 Å². The topological polar surface area (TPSA) is 54.4 Å². The number of ketones is 1. The van der Waals surface area contributed by atoms with Crippen molar-refractivity contribution in [2.24, 2.45) is 5.92 Å². The molecule has 0 radical (unpaired) electrons. The van der Waals surface area contributed by atoms with Crippen LogP contribution in [0.25, 0.3) is 0 Å². The minimum atomic E-state index is -1.20. The Kier molecular flexibility index (Phi) is 5.84. The summed E-state index contributed by atoms with van der Waals surface area (Å²) in [5.41, 5.74) is -0.284. The van der Waals surface area contributed by atoms with Gasteiger partial charge in [0.15, 0.2) is 5.78 Å². The monoisotopic (exact) mass is 198 g/mol. The summed E-state index contributed by atoms with van der Waals surface area (Å²) in [6, 6.07) is 0. The first kappa shape index (κ1) is 12.9. The number of unbranched alkanes of at least 4 members (excludes halogenated alkanes) is 1. The molecule has 0 aromatic rings. The number of aliphatic carboxylic acids is 1. The Morgan fingerprint density at radius 2 is 1.93 bits per heavy atom. The highest BCUT2D eigenvalue weighted by atomic mass is 16.4. The van der Waals surface area contributed by atoms with Gasteiger partial charge in [0.25, 0.3) is 0 Å². The van der Waals surface area contributed by atoms with E-state index in [0.717, 1.165) is 19.3 Å². The second kappa shape index (κ2) is 6.35. The molecule has 0 aromatic carbocycles. The van der Waals surface area contributed by atoms with Gasteiger partial charge in [-0.25, -0.2) is 4.79 Å². The van der Waals surface area contributed by atoms with E-state index in [1.165, 1.54) is 0 Å². The second-order valence-corrected chi connectivity index (χ2v) is 3.40. The van der Waals surface area contributed by atoms with Crippen molar-refractivity contribution in [1.29, 1.82) is 0 Å². The van der Waals surface area contributed by atoms with Crippen LogP contribution in [0, 0.1) is 5.92 Å². The van der Waals surface area contributed by atoms with E-state index >= 15 is 0 Å². The van der Waals surface area contributed by atoms with Gasteiger partial charge in [-0.15, -0.1) is 0 Å². The van der Waals surface area contributed by atoms with Gasteiger partial charge in [-0.3, -0.25) is 4.79 Å². The van der Waals surface area contributed by atoms with Crippen molar-refractivity contribution in [2.45, 2.75) is 39.5 Å². The van der Waals surface area contributed by atoms with Crippen LogP contribution in [0.1, 0.15) is 39.5 Å². The van der Waals surface area contributed by atoms with Gasteiger partial charge < -0.3 is 5.11 Å². The number of rotatable bonds is 7. The Hall–Kier alpha value is -1.12. The van der Waals surface area contributed by atoms with Crippen molar-refractivity contribution < 1.29 is 14.7 Å². The predicted molar refractivity (Wildman–Crippen MR) is 55.1 cm³/mol. The van der Waals surface area contributed by atoms with Gasteiger partial charge in [-0.2, -0.15) is 0 Å². The van der Waals surface area contributed by atoms with E-state index in [-0.39, 0.29) is 17.3 Å². The van der Waals surface area contributed by atoms with Crippen molar-refractivity contribution in [2.75, 3.05) is 0 Å². The molecule has 0 rings (SSSR count). The summed E-state index contributed by atoms with van der Waals surface area (Å²) in [6.45, 7) is 7.22. The first-order valence-corrected chi connectivity index (χ1v) is 5.00. The minimum absolute atomic E-state index is 0.168. The zero-order valence-electron chi connectivity index (χ0n) is 8.88. The van der Waals surface area contributed by atoms with Crippen LogP contribution in [0.4, 0.5) is 0 Å². The van der Waals surface area contributed by atoms with Crippen molar-refractivity contribution in [3.05, 3.63) is 12.2 Å². The Labute approximate surface area is 84.8 Å². The quantitative estimate of drug-likeness (QED) is 0.388. The van der Waals surface area contributed by atoms with Gasteiger partial charge in [-0.1, -0.05) is 33.3 Å². The number of hydrogen-bond acceptors (Lipinski definition) is 2. The molecule has 0 heterocycles. The third kappa shape index (κ3) is 3.73. The standard InChI is InChI=1S/C11H18O3/c1-4-6-7-9(5-2)10(12)8(3)11(13)14/h9H,3-7H2,1-2H3,(H,13,14). The zero-order chi connectivity index (χ0) is 11.1. The highest BCUT2D eigenvalue weighted by Crippen LogP contribution is 2.17. The SMILES string of the molecule is C=C(C(=O)O)C(=O)C(CC)CCCC. The van der Waals surface area contributed by atoms with Crippen LogP contribution >= 0.6 is 0 Å². The van der Waals surface area contributed by atoms with Gasteiger partial charge in [0, 0.05) is 5.92 Å². The average molecular weight is 198 g/mol. The number of carbonyl (C=O) groups is 2. The number of carboxylic acids is 1. The molecule has 1 N–H and O–H groups in total. The third-order valence-electron chi connectivity index (χ3n) is 2.33. The van der Waals surface area contributed by atoms with Crippen LogP contribution in [0.3, 0.4) is 0 Å². The lowest BCUT2D eigenvalue weighted by atomic mass is 9.91. The molecular formula is C11H18O3. The Morgan fingerprint density at radius 3 is 2.29 bits per heavy atom. The van der Waals surface area contributed by atoms with Crippen LogP contribution in [-0.4, -0.2) is 16.9 Å². The molecule has 0 aromatic heterocycles. The fraction of sp³-hybridized carbons (Fsp3) is 0.636. The van der Waals surface area contributed by atoms with Crippen LogP contribution in [0.5, 0.6) is 0 Å². The molecule has 3 nitrogen and oxygen atoms in total. The van der Waals surface area contributed by atoms with Crippen molar-refractivity contribution in [3.8, 4) is 0 Å². The highest BCUT2D eigenvalue weighted by molar-refractivity contribution is 6.16. The molecule has 3 heteroatoms. The average Bonchev–Trinajstić information content (AvgIpc) is 2.17. The van der Waals surface area contributed by atoms with Crippen LogP contribution in [-0.2, 0) is 9.59 Å². The maximum atomic E-state index is 11.5. The molecule has 14 heavy (non-hydrogen) atoms. The van der Waals surface area contributed by atoms with Gasteiger partial charge in [0.1, 0.15) is 0 Å². The highest BCUT2D eigenvalue weighted by Gasteiger charge is 2.22. The maximum Gasteiger partial charge on any atom is 0.338 e. The largest absolute Gasteiger partial charge is 0.478 e. The van der Waals surface area contributed by atoms with E-state index < -0.39 is 5.97 Å². The maximum absolute atomic E-state index is 11.5. The van der Waals surface area contributed by atoms with Gasteiger partial charge in [-0.05, 0) is 12.8 Å². The first-order valence-electron chi connectivity index (χ1n) is 5.00. The van der Waals surface area contributed by atoms with E-state index in [2.05, 4.69) is 6.58 Å². The molecule has 0 saturated carbocycles. The van der Waals surface area contributed by atoms with Crippen LogP contribution in [0.15, 0.2) is 12.2 Å². The molecule has 0 fully saturated rings. The number of carboxylic acid groups (broad SMARTS) is 1. The van der Waals surface area contributed by atoms with E-state index in [4.69, 9.17) is 5.11 Å². The number of carbonyl (C=O) groups excluding carboxylic acids is 1. The summed E-state index contributed by atoms with van der Waals surface area (Å²) in [6.07, 6.45) is 3.42. The van der Waals surface area contributed by atoms with Gasteiger partial charge in [0.05, 0.1) is 5.57 Å². The first-order chi connectivity index (χ1) is 6.54. The molecule has 0 saturated heterocycles. The molecule has 0 aliphatic rings. The second-order valence-electron chi connectivity index (χ2n) is 3.40. The van der Waals surface area contributed by atoms with Gasteiger partial charge in [0.2, 0.25) is 0 Å². The van der Waals surface area contributed by atoms with E-state index in [9.17, 15) is 9.59 Å². The van der Waals surface area contributed by atoms with Crippen LogP contribution in [0.2, 0.25) is 0 Å². The molecule has 0 aliphatic carbocycles. The fourth-order valence-corrected chi connectivity index (χ4v) is 1.32. The zero-order valence-corrected chi connectivity index (χ0v) is 8.88. The lowest BCUT2D eigenvalue weighted by molar-refractivity contribution is -0.135.